The van der Waals surface area contributed by atoms with E-state index in [1.165, 1.54) is 0 Å². The van der Waals surface area contributed by atoms with Crippen molar-refractivity contribution in [2.45, 2.75) is 12.5 Å². The van der Waals surface area contributed by atoms with E-state index < -0.39 is 0 Å². The van der Waals surface area contributed by atoms with E-state index in [1.54, 1.807) is 12.1 Å². The quantitative estimate of drug-likeness (QED) is 0.555. The molecule has 2 nitrogen and oxygen atoms in total. The minimum Gasteiger partial charge on any atom is -0.271 e. The van der Waals surface area contributed by atoms with Crippen LogP contribution in [0.2, 0.25) is 15.1 Å². The lowest BCUT2D eigenvalue weighted by molar-refractivity contribution is 0.552. The molecule has 3 N–H and O–H groups in total. The Kier molecular flexibility index (Phi) is 5.73. The van der Waals surface area contributed by atoms with Crippen LogP contribution in [0, 0.1) is 0 Å². The second kappa shape index (κ2) is 7.12. The first-order chi connectivity index (χ1) is 9.54. The minimum absolute atomic E-state index is 0.183. The van der Waals surface area contributed by atoms with Gasteiger partial charge in [-0.3, -0.25) is 11.3 Å². The first-order valence-electron chi connectivity index (χ1n) is 5.87. The van der Waals surface area contributed by atoms with Gasteiger partial charge in [0.1, 0.15) is 0 Å². The van der Waals surface area contributed by atoms with Crippen LogP contribution in [0.3, 0.4) is 0 Å². The number of rotatable bonds is 4. The van der Waals surface area contributed by atoms with Crippen LogP contribution in [0.4, 0.5) is 0 Å². The Balaban J connectivity index is 2.37. The summed E-state index contributed by atoms with van der Waals surface area (Å²) in [6.45, 7) is 0. The van der Waals surface area contributed by atoms with E-state index in [-0.39, 0.29) is 6.04 Å². The summed E-state index contributed by atoms with van der Waals surface area (Å²) >= 11 is 22.1. The van der Waals surface area contributed by atoms with Crippen molar-refractivity contribution in [1.82, 2.24) is 5.43 Å². The number of hydrogen-bond donors (Lipinski definition) is 2. The van der Waals surface area contributed by atoms with Gasteiger partial charge in [-0.05, 0) is 51.7 Å². The van der Waals surface area contributed by atoms with Gasteiger partial charge in [-0.15, -0.1) is 0 Å². The fraction of sp³-hybridized carbons (Fsp3) is 0.143. The van der Waals surface area contributed by atoms with Gasteiger partial charge in [0, 0.05) is 14.5 Å². The zero-order chi connectivity index (χ0) is 14.7. The smallest absolute Gasteiger partial charge is 0.0596 e. The molecule has 2 aromatic carbocycles. The maximum atomic E-state index is 6.30. The van der Waals surface area contributed by atoms with Crippen molar-refractivity contribution >= 4 is 50.7 Å². The molecule has 2 aromatic rings. The summed E-state index contributed by atoms with van der Waals surface area (Å²) in [4.78, 5) is 0. The summed E-state index contributed by atoms with van der Waals surface area (Å²) in [6, 6.07) is 10.9. The Bertz CT molecular complexity index is 599. The van der Waals surface area contributed by atoms with E-state index in [4.69, 9.17) is 40.6 Å². The number of benzene rings is 2. The van der Waals surface area contributed by atoms with Crippen LogP contribution in [0.15, 0.2) is 40.9 Å². The maximum absolute atomic E-state index is 6.30. The van der Waals surface area contributed by atoms with Crippen molar-refractivity contribution in [1.29, 1.82) is 0 Å². The predicted molar refractivity (Wildman–Crippen MR) is 89.4 cm³/mol. The van der Waals surface area contributed by atoms with Crippen LogP contribution in [-0.4, -0.2) is 0 Å². The van der Waals surface area contributed by atoms with Gasteiger partial charge in [0.05, 0.1) is 11.1 Å². The van der Waals surface area contributed by atoms with Crippen LogP contribution in [0.25, 0.3) is 0 Å². The SMILES string of the molecule is NNC(Cc1c(Cl)cccc1Cl)c1cccc(Br)c1Cl. The molecule has 106 valence electrons. The van der Waals surface area contributed by atoms with Crippen molar-refractivity contribution < 1.29 is 0 Å². The van der Waals surface area contributed by atoms with Crippen LogP contribution < -0.4 is 11.3 Å². The second-order valence-corrected chi connectivity index (χ2v) is 6.31. The van der Waals surface area contributed by atoms with Gasteiger partial charge in [-0.25, -0.2) is 0 Å². The Hall–Kier alpha value is -0.290. The van der Waals surface area contributed by atoms with Crippen molar-refractivity contribution in [3.05, 3.63) is 67.1 Å². The average Bonchev–Trinajstić information content (AvgIpc) is 2.42. The molecule has 0 bridgehead atoms. The molecule has 0 spiro atoms. The van der Waals surface area contributed by atoms with Gasteiger partial charge in [0.2, 0.25) is 0 Å². The Morgan fingerprint density at radius 1 is 1.05 bits per heavy atom. The van der Waals surface area contributed by atoms with Crippen molar-refractivity contribution in [3.8, 4) is 0 Å². The molecule has 0 aliphatic carbocycles. The van der Waals surface area contributed by atoms with Crippen molar-refractivity contribution in [2.75, 3.05) is 0 Å². The molecular formula is C14H12BrCl3N2. The zero-order valence-electron chi connectivity index (χ0n) is 10.3. The van der Waals surface area contributed by atoms with Crippen LogP contribution in [0.1, 0.15) is 17.2 Å². The third-order valence-corrected chi connectivity index (χ3v) is 5.05. The molecule has 0 saturated heterocycles. The Morgan fingerprint density at radius 3 is 2.25 bits per heavy atom. The Labute approximate surface area is 141 Å². The van der Waals surface area contributed by atoms with Gasteiger partial charge >= 0.3 is 0 Å². The van der Waals surface area contributed by atoms with E-state index in [1.807, 2.05) is 24.3 Å². The molecule has 0 amide bonds. The Morgan fingerprint density at radius 2 is 1.65 bits per heavy atom. The molecule has 0 heterocycles. The highest BCUT2D eigenvalue weighted by atomic mass is 79.9. The highest BCUT2D eigenvalue weighted by Gasteiger charge is 2.18. The van der Waals surface area contributed by atoms with Crippen molar-refractivity contribution in [2.24, 2.45) is 5.84 Å². The summed E-state index contributed by atoms with van der Waals surface area (Å²) in [5.41, 5.74) is 4.50. The summed E-state index contributed by atoms with van der Waals surface area (Å²) in [6.07, 6.45) is 0.547. The lowest BCUT2D eigenvalue weighted by Gasteiger charge is -2.19. The summed E-state index contributed by atoms with van der Waals surface area (Å²) in [7, 11) is 0. The van der Waals surface area contributed by atoms with Crippen LogP contribution in [0.5, 0.6) is 0 Å². The predicted octanol–water partition coefficient (Wildman–Crippen LogP) is 5.16. The zero-order valence-corrected chi connectivity index (χ0v) is 14.2. The number of hydrazine groups is 1. The highest BCUT2D eigenvalue weighted by Crippen LogP contribution is 2.34. The van der Waals surface area contributed by atoms with Gasteiger partial charge in [0.15, 0.2) is 0 Å². The lowest BCUT2D eigenvalue weighted by Crippen LogP contribution is -2.30. The first-order valence-corrected chi connectivity index (χ1v) is 7.80. The van der Waals surface area contributed by atoms with Gasteiger partial charge in [0.25, 0.3) is 0 Å². The van der Waals surface area contributed by atoms with Crippen LogP contribution in [-0.2, 0) is 6.42 Å². The van der Waals surface area contributed by atoms with E-state index >= 15 is 0 Å². The fourth-order valence-corrected chi connectivity index (χ4v) is 3.17. The van der Waals surface area contributed by atoms with E-state index in [0.29, 0.717) is 21.5 Å². The molecule has 0 saturated carbocycles. The third-order valence-electron chi connectivity index (χ3n) is 3.03. The summed E-state index contributed by atoms with van der Waals surface area (Å²) in [5, 5.41) is 1.85. The number of hydrogen-bond acceptors (Lipinski definition) is 2. The lowest BCUT2D eigenvalue weighted by atomic mass is 9.99. The third kappa shape index (κ3) is 3.48. The molecule has 6 heteroatoms. The molecular weight excluding hydrogens is 382 g/mol. The van der Waals surface area contributed by atoms with E-state index in [9.17, 15) is 0 Å². The standard InChI is InChI=1S/C14H12BrCl3N2/c15-10-4-1-3-8(14(10)18)13(20-19)7-9-11(16)5-2-6-12(9)17/h1-6,13,20H,7,19H2. The minimum atomic E-state index is -0.183. The number of halogens is 4. The molecule has 0 aromatic heterocycles. The number of nitrogens with two attached hydrogens (primary N) is 1. The molecule has 0 aliphatic rings. The molecule has 0 aliphatic heterocycles. The number of nitrogens with one attached hydrogen (secondary N) is 1. The average molecular weight is 395 g/mol. The largest absolute Gasteiger partial charge is 0.271 e. The topological polar surface area (TPSA) is 38.0 Å². The second-order valence-electron chi connectivity index (χ2n) is 4.27. The van der Waals surface area contributed by atoms with Crippen LogP contribution >= 0.6 is 50.7 Å². The van der Waals surface area contributed by atoms with Gasteiger partial charge in [-0.2, -0.15) is 0 Å². The van der Waals surface area contributed by atoms with Crippen molar-refractivity contribution in [3.63, 3.8) is 0 Å². The fourth-order valence-electron chi connectivity index (χ4n) is 1.98. The molecule has 0 radical (unpaired) electrons. The molecule has 20 heavy (non-hydrogen) atoms. The van der Waals surface area contributed by atoms with E-state index in [2.05, 4.69) is 21.4 Å². The summed E-state index contributed by atoms with van der Waals surface area (Å²) < 4.78 is 0.821. The molecule has 0 fully saturated rings. The summed E-state index contributed by atoms with van der Waals surface area (Å²) in [5.74, 6) is 5.66. The molecule has 1 atom stereocenters. The molecule has 1 unspecified atom stereocenters. The first kappa shape index (κ1) is 16.1. The highest BCUT2D eigenvalue weighted by molar-refractivity contribution is 9.10. The maximum Gasteiger partial charge on any atom is 0.0596 e. The normalized spacial score (nSPS) is 12.4. The monoisotopic (exact) mass is 392 g/mol. The molecule has 2 rings (SSSR count). The van der Waals surface area contributed by atoms with E-state index in [0.717, 1.165) is 15.6 Å². The van der Waals surface area contributed by atoms with Gasteiger partial charge < -0.3 is 0 Å². The van der Waals surface area contributed by atoms with Gasteiger partial charge in [-0.1, -0.05) is 53.0 Å².